The van der Waals surface area contributed by atoms with Gasteiger partial charge in [0.15, 0.2) is 0 Å². The molecule has 0 radical (unpaired) electrons. The summed E-state index contributed by atoms with van der Waals surface area (Å²) < 4.78 is 6.28. The summed E-state index contributed by atoms with van der Waals surface area (Å²) in [5.41, 5.74) is 3.41. The monoisotopic (exact) mass is 397 g/mol. The molecule has 0 aliphatic rings. The predicted molar refractivity (Wildman–Crippen MR) is 93.6 cm³/mol. The maximum absolute atomic E-state index is 5.24. The maximum atomic E-state index is 5.24. The standard InChI is InChI=1S/C16H20IN3O/c1-4-18-16-15(17)13(10-21-3)19-14(20-16)9-12-7-5-6-11(2)8-12/h5-8H,4,9-10H2,1-3H3,(H,18,19,20). The van der Waals surface area contributed by atoms with Gasteiger partial charge in [-0.15, -0.1) is 0 Å². The van der Waals surface area contributed by atoms with Gasteiger partial charge in [0.1, 0.15) is 11.6 Å². The number of methoxy groups -OCH3 is 1. The third-order valence-electron chi connectivity index (χ3n) is 3.04. The number of benzene rings is 1. The van der Waals surface area contributed by atoms with Crippen LogP contribution in [0.1, 0.15) is 29.6 Å². The molecule has 0 saturated heterocycles. The number of halogens is 1. The quantitative estimate of drug-likeness (QED) is 0.758. The van der Waals surface area contributed by atoms with Crippen molar-refractivity contribution in [2.24, 2.45) is 0 Å². The highest BCUT2D eigenvalue weighted by Crippen LogP contribution is 2.21. The number of nitrogens with one attached hydrogen (secondary N) is 1. The number of ether oxygens (including phenoxy) is 1. The third kappa shape index (κ3) is 4.38. The van der Waals surface area contributed by atoms with Gasteiger partial charge in [-0.3, -0.25) is 0 Å². The zero-order chi connectivity index (χ0) is 15.2. The second-order valence-corrected chi connectivity index (χ2v) is 5.96. The molecule has 0 bridgehead atoms. The van der Waals surface area contributed by atoms with Crippen molar-refractivity contribution in [3.05, 3.63) is 50.5 Å². The lowest BCUT2D eigenvalue weighted by Crippen LogP contribution is -2.10. The van der Waals surface area contributed by atoms with E-state index in [1.54, 1.807) is 7.11 Å². The Morgan fingerprint density at radius 3 is 2.76 bits per heavy atom. The number of hydrogen-bond donors (Lipinski definition) is 1. The van der Waals surface area contributed by atoms with Crippen molar-refractivity contribution in [1.82, 2.24) is 9.97 Å². The van der Waals surface area contributed by atoms with Crippen molar-refractivity contribution in [3.63, 3.8) is 0 Å². The fourth-order valence-electron chi connectivity index (χ4n) is 2.15. The van der Waals surface area contributed by atoms with Crippen LogP contribution in [0.4, 0.5) is 5.82 Å². The van der Waals surface area contributed by atoms with Gasteiger partial charge in [-0.25, -0.2) is 9.97 Å². The Bertz CT molecular complexity index is 589. The molecule has 0 atom stereocenters. The minimum Gasteiger partial charge on any atom is -0.378 e. The fourth-order valence-corrected chi connectivity index (χ4v) is 2.73. The molecule has 4 nitrogen and oxygen atoms in total. The van der Waals surface area contributed by atoms with E-state index in [4.69, 9.17) is 4.74 Å². The Morgan fingerprint density at radius 1 is 1.29 bits per heavy atom. The van der Waals surface area contributed by atoms with Crippen molar-refractivity contribution in [2.45, 2.75) is 26.9 Å². The predicted octanol–water partition coefficient (Wildman–Crippen LogP) is 3.56. The first-order chi connectivity index (χ1) is 10.1. The minimum absolute atomic E-state index is 0.500. The SMILES string of the molecule is CCNc1nc(Cc2cccc(C)c2)nc(COC)c1I. The fraction of sp³-hybridized carbons (Fsp3) is 0.375. The molecule has 21 heavy (non-hydrogen) atoms. The first kappa shape index (κ1) is 16.2. The topological polar surface area (TPSA) is 47.0 Å². The molecule has 0 aliphatic carbocycles. The molecule has 0 aliphatic heterocycles. The van der Waals surface area contributed by atoms with Gasteiger partial charge >= 0.3 is 0 Å². The van der Waals surface area contributed by atoms with Crippen molar-refractivity contribution in [3.8, 4) is 0 Å². The van der Waals surface area contributed by atoms with Crippen LogP contribution in [0.3, 0.4) is 0 Å². The van der Waals surface area contributed by atoms with Gasteiger partial charge in [-0.2, -0.15) is 0 Å². The van der Waals surface area contributed by atoms with Crippen LogP contribution in [0.5, 0.6) is 0 Å². The molecule has 0 amide bonds. The zero-order valence-corrected chi connectivity index (χ0v) is 14.8. The number of nitrogens with zero attached hydrogens (tertiary/aromatic N) is 2. The smallest absolute Gasteiger partial charge is 0.143 e. The van der Waals surface area contributed by atoms with Crippen LogP contribution in [0, 0.1) is 10.5 Å². The van der Waals surface area contributed by atoms with E-state index in [0.29, 0.717) is 6.61 Å². The Morgan fingerprint density at radius 2 is 2.10 bits per heavy atom. The molecule has 5 heteroatoms. The first-order valence-electron chi connectivity index (χ1n) is 6.97. The van der Waals surface area contributed by atoms with E-state index in [9.17, 15) is 0 Å². The highest BCUT2D eigenvalue weighted by atomic mass is 127. The normalized spacial score (nSPS) is 10.7. The molecule has 2 aromatic rings. The summed E-state index contributed by atoms with van der Waals surface area (Å²) >= 11 is 2.27. The lowest BCUT2D eigenvalue weighted by Gasteiger charge is -2.12. The van der Waals surface area contributed by atoms with Gasteiger partial charge in [0.25, 0.3) is 0 Å². The lowest BCUT2D eigenvalue weighted by atomic mass is 10.1. The number of aromatic nitrogens is 2. The molecular formula is C16H20IN3O. The Balaban J connectivity index is 2.33. The summed E-state index contributed by atoms with van der Waals surface area (Å²) in [6.07, 6.45) is 0.730. The van der Waals surface area contributed by atoms with Gasteiger partial charge in [-0.05, 0) is 42.0 Å². The summed E-state index contributed by atoms with van der Waals surface area (Å²) in [6, 6.07) is 8.44. The van der Waals surface area contributed by atoms with Gasteiger partial charge in [0, 0.05) is 20.1 Å². The second-order valence-electron chi connectivity index (χ2n) is 4.88. The van der Waals surface area contributed by atoms with Crippen LogP contribution in [-0.2, 0) is 17.8 Å². The average Bonchev–Trinajstić information content (AvgIpc) is 2.44. The first-order valence-corrected chi connectivity index (χ1v) is 8.05. The van der Waals surface area contributed by atoms with E-state index in [2.05, 4.69) is 76.0 Å². The van der Waals surface area contributed by atoms with E-state index in [1.807, 2.05) is 0 Å². The number of hydrogen-bond acceptors (Lipinski definition) is 4. The third-order valence-corrected chi connectivity index (χ3v) is 4.17. The molecule has 0 fully saturated rings. The van der Waals surface area contributed by atoms with Crippen LogP contribution in [0.25, 0.3) is 0 Å². The molecule has 112 valence electrons. The van der Waals surface area contributed by atoms with Gasteiger partial charge in [0.2, 0.25) is 0 Å². The Hall–Kier alpha value is -1.21. The summed E-state index contributed by atoms with van der Waals surface area (Å²) in [5, 5.41) is 3.30. The number of rotatable bonds is 6. The van der Waals surface area contributed by atoms with Crippen molar-refractivity contribution < 1.29 is 4.74 Å². The van der Waals surface area contributed by atoms with Crippen molar-refractivity contribution in [2.75, 3.05) is 19.0 Å². The molecular weight excluding hydrogens is 377 g/mol. The maximum Gasteiger partial charge on any atom is 0.143 e. The largest absolute Gasteiger partial charge is 0.378 e. The second kappa shape index (κ2) is 7.70. The molecule has 0 saturated carbocycles. The van der Waals surface area contributed by atoms with Crippen LogP contribution >= 0.6 is 22.6 Å². The van der Waals surface area contributed by atoms with Crippen molar-refractivity contribution >= 4 is 28.4 Å². The lowest BCUT2D eigenvalue weighted by molar-refractivity contribution is 0.180. The van der Waals surface area contributed by atoms with E-state index < -0.39 is 0 Å². The Labute approximate surface area is 139 Å². The summed E-state index contributed by atoms with van der Waals surface area (Å²) in [7, 11) is 1.69. The van der Waals surface area contributed by atoms with Crippen LogP contribution in [0.2, 0.25) is 0 Å². The number of anilines is 1. The average molecular weight is 397 g/mol. The van der Waals surface area contributed by atoms with Crippen molar-refractivity contribution in [1.29, 1.82) is 0 Å². The molecule has 1 aromatic carbocycles. The van der Waals surface area contributed by atoms with Crippen LogP contribution < -0.4 is 5.32 Å². The zero-order valence-electron chi connectivity index (χ0n) is 12.6. The van der Waals surface area contributed by atoms with Gasteiger partial charge in [0.05, 0.1) is 15.9 Å². The molecule has 0 unspecified atom stereocenters. The highest BCUT2D eigenvalue weighted by Gasteiger charge is 2.12. The van der Waals surface area contributed by atoms with E-state index >= 15 is 0 Å². The van der Waals surface area contributed by atoms with E-state index in [-0.39, 0.29) is 0 Å². The molecule has 1 heterocycles. The molecule has 1 N–H and O–H groups in total. The van der Waals surface area contributed by atoms with E-state index in [1.165, 1.54) is 11.1 Å². The summed E-state index contributed by atoms with van der Waals surface area (Å²) in [6.45, 7) is 5.50. The summed E-state index contributed by atoms with van der Waals surface area (Å²) in [5.74, 6) is 1.71. The van der Waals surface area contributed by atoms with E-state index in [0.717, 1.165) is 33.9 Å². The van der Waals surface area contributed by atoms with Gasteiger partial charge < -0.3 is 10.1 Å². The Kier molecular flexibility index (Phi) is 5.93. The molecule has 1 aromatic heterocycles. The minimum atomic E-state index is 0.500. The van der Waals surface area contributed by atoms with Crippen LogP contribution in [0.15, 0.2) is 24.3 Å². The summed E-state index contributed by atoms with van der Waals surface area (Å²) in [4.78, 5) is 9.29. The highest BCUT2D eigenvalue weighted by molar-refractivity contribution is 14.1. The molecule has 0 spiro atoms. The number of aryl methyl sites for hydroxylation is 1. The van der Waals surface area contributed by atoms with Crippen LogP contribution in [-0.4, -0.2) is 23.6 Å². The molecule has 2 rings (SSSR count). The van der Waals surface area contributed by atoms with Gasteiger partial charge in [-0.1, -0.05) is 29.8 Å².